The molecule has 2 saturated heterocycles. The third-order valence-electron chi connectivity index (χ3n) is 4.82. The van der Waals surface area contributed by atoms with Crippen LogP contribution in [0.1, 0.15) is 36.5 Å². The molecule has 23 heavy (non-hydrogen) atoms. The van der Waals surface area contributed by atoms with Crippen LogP contribution in [0.4, 0.5) is 5.69 Å². The van der Waals surface area contributed by atoms with E-state index in [9.17, 15) is 9.59 Å². The first-order chi connectivity index (χ1) is 10.5. The van der Waals surface area contributed by atoms with Gasteiger partial charge in [-0.05, 0) is 43.0 Å². The lowest BCUT2D eigenvalue weighted by Crippen LogP contribution is -2.34. The molecular weight excluding hydrogens is 314 g/mol. The number of rotatable bonds is 3. The van der Waals surface area contributed by atoms with Gasteiger partial charge in [-0.1, -0.05) is 13.0 Å². The second-order valence-electron chi connectivity index (χ2n) is 6.69. The average Bonchev–Trinajstić information content (AvgIpc) is 3.13. The maximum Gasteiger partial charge on any atom is 0.253 e. The Hall–Kier alpha value is -1.59. The van der Waals surface area contributed by atoms with E-state index in [4.69, 9.17) is 5.73 Å². The Balaban J connectivity index is 0.00000192. The van der Waals surface area contributed by atoms with Crippen LogP contribution in [0, 0.1) is 5.41 Å². The molecule has 2 N–H and O–H groups in total. The van der Waals surface area contributed by atoms with Gasteiger partial charge >= 0.3 is 0 Å². The minimum Gasteiger partial charge on any atom is -0.338 e. The van der Waals surface area contributed by atoms with Crippen molar-refractivity contribution in [1.29, 1.82) is 0 Å². The number of likely N-dealkylation sites (tertiary alicyclic amines) is 1. The highest BCUT2D eigenvalue weighted by Crippen LogP contribution is 2.30. The van der Waals surface area contributed by atoms with E-state index in [0.29, 0.717) is 25.1 Å². The summed E-state index contributed by atoms with van der Waals surface area (Å²) in [4.78, 5) is 28.2. The molecule has 2 aliphatic rings. The quantitative estimate of drug-likeness (QED) is 0.918. The zero-order valence-corrected chi connectivity index (χ0v) is 14.3. The van der Waals surface area contributed by atoms with Crippen molar-refractivity contribution in [3.05, 3.63) is 29.8 Å². The van der Waals surface area contributed by atoms with E-state index in [1.807, 2.05) is 29.2 Å². The first-order valence-electron chi connectivity index (χ1n) is 7.92. The number of hydrogen-bond acceptors (Lipinski definition) is 3. The lowest BCUT2D eigenvalue weighted by molar-refractivity contribution is -0.117. The van der Waals surface area contributed by atoms with Crippen LogP contribution in [0.5, 0.6) is 0 Å². The standard InChI is InChI=1S/C17H23N3O2.ClH/c1-17(11-18)7-9-19(12-17)16(22)13-4-2-5-14(10-13)20-8-3-6-15(20)21;/h2,4-5,10H,3,6-9,11-12,18H2,1H3;1H. The molecule has 1 unspecified atom stereocenters. The van der Waals surface area contributed by atoms with E-state index in [0.717, 1.165) is 31.6 Å². The normalized spacial score (nSPS) is 24.0. The zero-order valence-electron chi connectivity index (χ0n) is 13.5. The summed E-state index contributed by atoms with van der Waals surface area (Å²) in [7, 11) is 0. The van der Waals surface area contributed by atoms with E-state index in [1.165, 1.54) is 0 Å². The number of amides is 2. The van der Waals surface area contributed by atoms with Gasteiger partial charge in [-0.15, -0.1) is 12.4 Å². The summed E-state index contributed by atoms with van der Waals surface area (Å²) in [5, 5.41) is 0. The highest BCUT2D eigenvalue weighted by atomic mass is 35.5. The monoisotopic (exact) mass is 337 g/mol. The van der Waals surface area contributed by atoms with Crippen molar-refractivity contribution in [2.75, 3.05) is 31.1 Å². The number of benzene rings is 1. The first-order valence-corrected chi connectivity index (χ1v) is 7.92. The van der Waals surface area contributed by atoms with Gasteiger partial charge in [-0.25, -0.2) is 0 Å². The van der Waals surface area contributed by atoms with Crippen molar-refractivity contribution in [3.8, 4) is 0 Å². The third-order valence-corrected chi connectivity index (χ3v) is 4.82. The second kappa shape index (κ2) is 6.89. The SMILES string of the molecule is CC1(CN)CCN(C(=O)c2cccc(N3CCCC3=O)c2)C1.Cl. The van der Waals surface area contributed by atoms with E-state index < -0.39 is 0 Å². The summed E-state index contributed by atoms with van der Waals surface area (Å²) in [5.74, 6) is 0.173. The molecule has 0 aromatic heterocycles. The van der Waals surface area contributed by atoms with Crippen molar-refractivity contribution in [2.45, 2.75) is 26.2 Å². The number of carbonyl (C=O) groups is 2. The summed E-state index contributed by atoms with van der Waals surface area (Å²) < 4.78 is 0. The number of nitrogens with zero attached hydrogens (tertiary/aromatic N) is 2. The summed E-state index contributed by atoms with van der Waals surface area (Å²) in [5.41, 5.74) is 7.31. The van der Waals surface area contributed by atoms with Crippen LogP contribution < -0.4 is 10.6 Å². The molecule has 0 bridgehead atoms. The van der Waals surface area contributed by atoms with Crippen LogP contribution in [0.25, 0.3) is 0 Å². The van der Waals surface area contributed by atoms with Crippen molar-refractivity contribution in [1.82, 2.24) is 4.90 Å². The number of carbonyl (C=O) groups excluding carboxylic acids is 2. The van der Waals surface area contributed by atoms with Gasteiger partial charge in [0.15, 0.2) is 0 Å². The summed E-state index contributed by atoms with van der Waals surface area (Å²) in [6.45, 7) is 4.92. The summed E-state index contributed by atoms with van der Waals surface area (Å²) >= 11 is 0. The maximum atomic E-state index is 12.7. The zero-order chi connectivity index (χ0) is 15.7. The predicted molar refractivity (Wildman–Crippen MR) is 93.0 cm³/mol. The molecule has 0 spiro atoms. The van der Waals surface area contributed by atoms with Crippen LogP contribution in [-0.2, 0) is 4.79 Å². The van der Waals surface area contributed by atoms with Crippen molar-refractivity contribution >= 4 is 29.9 Å². The fourth-order valence-corrected chi connectivity index (χ4v) is 3.27. The van der Waals surface area contributed by atoms with Gasteiger partial charge < -0.3 is 15.5 Å². The first kappa shape index (κ1) is 17.8. The smallest absolute Gasteiger partial charge is 0.253 e. The summed E-state index contributed by atoms with van der Waals surface area (Å²) in [6.07, 6.45) is 2.43. The second-order valence-corrected chi connectivity index (χ2v) is 6.69. The number of halogens is 1. The largest absolute Gasteiger partial charge is 0.338 e. The topological polar surface area (TPSA) is 66.6 Å². The average molecular weight is 338 g/mol. The Morgan fingerprint density at radius 1 is 1.35 bits per heavy atom. The van der Waals surface area contributed by atoms with Crippen LogP contribution in [0.15, 0.2) is 24.3 Å². The van der Waals surface area contributed by atoms with E-state index in [-0.39, 0.29) is 29.6 Å². The van der Waals surface area contributed by atoms with Crippen LogP contribution in [0.2, 0.25) is 0 Å². The molecule has 2 fully saturated rings. The van der Waals surface area contributed by atoms with Crippen molar-refractivity contribution < 1.29 is 9.59 Å². The molecule has 0 saturated carbocycles. The van der Waals surface area contributed by atoms with E-state index in [1.54, 1.807) is 4.90 Å². The van der Waals surface area contributed by atoms with Crippen molar-refractivity contribution in [3.63, 3.8) is 0 Å². The molecule has 2 amide bonds. The number of hydrogen-bond donors (Lipinski definition) is 1. The third kappa shape index (κ3) is 3.51. The van der Waals surface area contributed by atoms with Crippen molar-refractivity contribution in [2.24, 2.45) is 11.1 Å². The van der Waals surface area contributed by atoms with Crippen LogP contribution in [0.3, 0.4) is 0 Å². The van der Waals surface area contributed by atoms with Crippen LogP contribution >= 0.6 is 12.4 Å². The highest BCUT2D eigenvalue weighted by Gasteiger charge is 2.35. The van der Waals surface area contributed by atoms with Gasteiger partial charge in [-0.3, -0.25) is 9.59 Å². The van der Waals surface area contributed by atoms with E-state index >= 15 is 0 Å². The Kier molecular flexibility index (Phi) is 5.32. The molecule has 2 aliphatic heterocycles. The molecular formula is C17H24ClN3O2. The lowest BCUT2D eigenvalue weighted by Gasteiger charge is -2.23. The number of anilines is 1. The molecule has 5 nitrogen and oxygen atoms in total. The molecule has 0 aliphatic carbocycles. The van der Waals surface area contributed by atoms with Gasteiger partial charge in [0.05, 0.1) is 0 Å². The molecule has 1 atom stereocenters. The van der Waals surface area contributed by atoms with Gasteiger partial charge in [0.25, 0.3) is 5.91 Å². The molecule has 126 valence electrons. The van der Waals surface area contributed by atoms with Crippen LogP contribution in [-0.4, -0.2) is 42.9 Å². The van der Waals surface area contributed by atoms with E-state index in [2.05, 4.69) is 6.92 Å². The van der Waals surface area contributed by atoms with Gasteiger partial charge in [0.1, 0.15) is 0 Å². The Labute approximate surface area is 143 Å². The molecule has 0 radical (unpaired) electrons. The Bertz CT molecular complexity index is 607. The maximum absolute atomic E-state index is 12.7. The Morgan fingerprint density at radius 2 is 2.13 bits per heavy atom. The molecule has 1 aromatic rings. The summed E-state index contributed by atoms with van der Waals surface area (Å²) in [6, 6.07) is 7.41. The Morgan fingerprint density at radius 3 is 2.74 bits per heavy atom. The molecule has 3 rings (SSSR count). The molecule has 1 aromatic carbocycles. The lowest BCUT2D eigenvalue weighted by atomic mass is 9.90. The van der Waals surface area contributed by atoms with Gasteiger partial charge in [0.2, 0.25) is 5.91 Å². The van der Waals surface area contributed by atoms with Gasteiger partial charge in [0, 0.05) is 37.3 Å². The molecule has 6 heteroatoms. The highest BCUT2D eigenvalue weighted by molar-refractivity contribution is 5.99. The minimum absolute atomic E-state index is 0. The number of nitrogens with two attached hydrogens (primary N) is 1. The predicted octanol–water partition coefficient (Wildman–Crippen LogP) is 2.05. The molecule has 2 heterocycles. The fourth-order valence-electron chi connectivity index (χ4n) is 3.27. The fraction of sp³-hybridized carbons (Fsp3) is 0.529. The minimum atomic E-state index is 0. The van der Waals surface area contributed by atoms with Gasteiger partial charge in [-0.2, -0.15) is 0 Å².